The van der Waals surface area contributed by atoms with Gasteiger partial charge in [-0.3, -0.25) is 0 Å². The minimum Gasteiger partial charge on any atom is -0.379 e. The monoisotopic (exact) mass is 337 g/mol. The lowest BCUT2D eigenvalue weighted by Crippen LogP contribution is -2.14. The Morgan fingerprint density at radius 2 is 2.00 bits per heavy atom. The molecule has 20 heavy (non-hydrogen) atoms. The molecule has 0 fully saturated rings. The van der Waals surface area contributed by atoms with E-state index in [1.807, 2.05) is 0 Å². The Labute approximate surface area is 124 Å². The highest BCUT2D eigenvalue weighted by molar-refractivity contribution is 7.91. The minimum atomic E-state index is -4.63. The number of benzene rings is 1. The average molecular weight is 338 g/mol. The fraction of sp³-hybridized carbons (Fsp3) is 0.167. The van der Waals surface area contributed by atoms with Gasteiger partial charge in [-0.25, -0.2) is 8.42 Å². The number of nitrogens with one attached hydrogen (secondary N) is 1. The van der Waals surface area contributed by atoms with Crippen LogP contribution in [0.4, 0.5) is 14.5 Å². The molecule has 1 aromatic heterocycles. The van der Waals surface area contributed by atoms with Crippen LogP contribution >= 0.6 is 22.9 Å². The summed E-state index contributed by atoms with van der Waals surface area (Å²) in [5.41, 5.74) is 0.150. The second-order valence-electron chi connectivity index (χ2n) is 3.89. The molecular weight excluding hydrogens is 328 g/mol. The van der Waals surface area contributed by atoms with Crippen LogP contribution in [0.1, 0.15) is 4.88 Å². The van der Waals surface area contributed by atoms with E-state index in [0.717, 1.165) is 10.9 Å². The van der Waals surface area contributed by atoms with Crippen molar-refractivity contribution in [1.29, 1.82) is 0 Å². The maximum Gasteiger partial charge on any atom is 0.341 e. The van der Waals surface area contributed by atoms with Crippen molar-refractivity contribution >= 4 is 38.5 Å². The summed E-state index contributed by atoms with van der Waals surface area (Å²) >= 11 is 7.17. The third-order valence-electron chi connectivity index (χ3n) is 2.50. The van der Waals surface area contributed by atoms with Crippen LogP contribution in [0.2, 0.25) is 5.02 Å². The second kappa shape index (κ2) is 6.07. The summed E-state index contributed by atoms with van der Waals surface area (Å²) in [5, 5.41) is 5.16. The zero-order valence-corrected chi connectivity index (χ0v) is 12.4. The van der Waals surface area contributed by atoms with E-state index in [1.165, 1.54) is 23.5 Å². The van der Waals surface area contributed by atoms with Crippen molar-refractivity contribution in [3.63, 3.8) is 0 Å². The molecule has 0 saturated heterocycles. The Bertz CT molecular complexity index is 701. The van der Waals surface area contributed by atoms with Crippen LogP contribution in [0, 0.1) is 0 Å². The van der Waals surface area contributed by atoms with Crippen molar-refractivity contribution in [2.75, 3.05) is 5.32 Å². The largest absolute Gasteiger partial charge is 0.379 e. The quantitative estimate of drug-likeness (QED) is 0.896. The molecule has 0 spiro atoms. The molecule has 2 rings (SSSR count). The molecule has 0 amide bonds. The van der Waals surface area contributed by atoms with Gasteiger partial charge < -0.3 is 5.32 Å². The average Bonchev–Trinajstić information content (AvgIpc) is 2.82. The number of thiophene rings is 1. The number of sulfone groups is 1. The van der Waals surface area contributed by atoms with Gasteiger partial charge in [-0.1, -0.05) is 23.7 Å². The van der Waals surface area contributed by atoms with E-state index < -0.39 is 20.5 Å². The summed E-state index contributed by atoms with van der Waals surface area (Å²) < 4.78 is 48.3. The molecule has 3 nitrogen and oxygen atoms in total. The summed E-state index contributed by atoms with van der Waals surface area (Å²) in [4.78, 5) is 0.469. The Balaban J connectivity index is 2.25. The van der Waals surface area contributed by atoms with E-state index in [9.17, 15) is 17.2 Å². The van der Waals surface area contributed by atoms with Crippen molar-refractivity contribution in [2.24, 2.45) is 0 Å². The van der Waals surface area contributed by atoms with Crippen LogP contribution in [0.3, 0.4) is 0 Å². The maximum atomic E-state index is 12.6. The molecule has 0 atom stereocenters. The number of anilines is 1. The summed E-state index contributed by atoms with van der Waals surface area (Å²) in [5.74, 6) is -3.44. The number of halogens is 3. The summed E-state index contributed by atoms with van der Waals surface area (Å²) in [6.45, 7) is 0.313. The molecule has 1 heterocycles. The Hall–Kier alpha value is -1.18. The molecule has 0 bridgehead atoms. The molecular formula is C12H10ClF2NO2S2. The lowest BCUT2D eigenvalue weighted by molar-refractivity contribution is 0.235. The highest BCUT2D eigenvalue weighted by Gasteiger charge is 2.28. The molecule has 0 unspecified atom stereocenters. The van der Waals surface area contributed by atoms with E-state index in [0.29, 0.717) is 11.6 Å². The lowest BCUT2D eigenvalue weighted by Gasteiger charge is -2.11. The maximum absolute atomic E-state index is 12.6. The molecule has 108 valence electrons. The number of hydrogen-bond donors (Lipinski definition) is 1. The first kappa shape index (κ1) is 15.2. The number of rotatable bonds is 5. The first-order valence-electron chi connectivity index (χ1n) is 5.49. The summed E-state index contributed by atoms with van der Waals surface area (Å²) in [6, 6.07) is 7.32. The van der Waals surface area contributed by atoms with E-state index in [1.54, 1.807) is 17.5 Å². The normalized spacial score (nSPS) is 11.8. The second-order valence-corrected chi connectivity index (χ2v) is 7.21. The molecule has 0 aliphatic carbocycles. The van der Waals surface area contributed by atoms with E-state index >= 15 is 0 Å². The predicted octanol–water partition coefficient (Wildman–Crippen LogP) is 4.01. The topological polar surface area (TPSA) is 46.2 Å². The van der Waals surface area contributed by atoms with Crippen LogP contribution in [0.25, 0.3) is 0 Å². The molecule has 0 saturated carbocycles. The van der Waals surface area contributed by atoms with Gasteiger partial charge in [0.2, 0.25) is 9.84 Å². The first-order chi connectivity index (χ1) is 9.41. The van der Waals surface area contributed by atoms with Crippen LogP contribution in [0.5, 0.6) is 0 Å². The number of para-hydroxylation sites is 1. The standard InChI is InChI=1S/C12H10ClF2NO2S2/c13-8-5-9(19-7-8)6-16-10-3-1-2-4-11(10)20(17,18)12(14)15/h1-5,7,12,16H,6H2. The van der Waals surface area contributed by atoms with Crippen LogP contribution < -0.4 is 5.32 Å². The number of hydrogen-bond acceptors (Lipinski definition) is 4. The highest BCUT2D eigenvalue weighted by Crippen LogP contribution is 2.27. The Morgan fingerprint density at radius 1 is 1.30 bits per heavy atom. The van der Waals surface area contributed by atoms with Crippen molar-refractivity contribution in [1.82, 2.24) is 0 Å². The molecule has 8 heteroatoms. The molecule has 0 aliphatic rings. The predicted molar refractivity (Wildman–Crippen MR) is 76.3 cm³/mol. The lowest BCUT2D eigenvalue weighted by atomic mass is 10.3. The highest BCUT2D eigenvalue weighted by atomic mass is 35.5. The minimum absolute atomic E-state index is 0.150. The molecule has 1 aromatic carbocycles. The smallest absolute Gasteiger partial charge is 0.341 e. The van der Waals surface area contributed by atoms with Crippen LogP contribution in [0.15, 0.2) is 40.6 Å². The van der Waals surface area contributed by atoms with E-state index in [-0.39, 0.29) is 5.69 Å². The first-order valence-corrected chi connectivity index (χ1v) is 8.29. The Kier molecular flexibility index (Phi) is 4.62. The van der Waals surface area contributed by atoms with Gasteiger partial charge >= 0.3 is 5.76 Å². The Morgan fingerprint density at radius 3 is 2.60 bits per heavy atom. The molecule has 2 aromatic rings. The van der Waals surface area contributed by atoms with Gasteiger partial charge in [-0.15, -0.1) is 11.3 Å². The molecule has 0 aliphatic heterocycles. The van der Waals surface area contributed by atoms with Crippen molar-refractivity contribution in [3.8, 4) is 0 Å². The fourth-order valence-corrected chi connectivity index (χ4v) is 3.51. The van der Waals surface area contributed by atoms with Gasteiger partial charge in [0.05, 0.1) is 15.6 Å². The zero-order chi connectivity index (χ0) is 14.8. The van der Waals surface area contributed by atoms with Gasteiger partial charge in [0, 0.05) is 16.8 Å². The van der Waals surface area contributed by atoms with Crippen molar-refractivity contribution in [3.05, 3.63) is 45.6 Å². The molecule has 1 N–H and O–H groups in total. The van der Waals surface area contributed by atoms with Gasteiger partial charge in [-0.2, -0.15) is 8.78 Å². The van der Waals surface area contributed by atoms with Crippen molar-refractivity contribution < 1.29 is 17.2 Å². The summed E-state index contributed by atoms with van der Waals surface area (Å²) in [6.07, 6.45) is 0. The van der Waals surface area contributed by atoms with Gasteiger partial charge in [0.25, 0.3) is 0 Å². The number of alkyl halides is 2. The molecule has 0 radical (unpaired) electrons. The van der Waals surface area contributed by atoms with Gasteiger partial charge in [0.1, 0.15) is 0 Å². The van der Waals surface area contributed by atoms with Crippen molar-refractivity contribution in [2.45, 2.75) is 17.2 Å². The third kappa shape index (κ3) is 3.28. The van der Waals surface area contributed by atoms with Crippen LogP contribution in [-0.4, -0.2) is 14.2 Å². The van der Waals surface area contributed by atoms with Gasteiger partial charge in [-0.05, 0) is 18.2 Å². The van der Waals surface area contributed by atoms with E-state index in [4.69, 9.17) is 11.6 Å². The van der Waals surface area contributed by atoms with Crippen LogP contribution in [-0.2, 0) is 16.4 Å². The zero-order valence-electron chi connectivity index (χ0n) is 10.0. The third-order valence-corrected chi connectivity index (χ3v) is 5.23. The van der Waals surface area contributed by atoms with E-state index in [2.05, 4.69) is 5.32 Å². The summed E-state index contributed by atoms with van der Waals surface area (Å²) in [7, 11) is -4.63. The fourth-order valence-electron chi connectivity index (χ4n) is 1.59. The van der Waals surface area contributed by atoms with Gasteiger partial charge in [0.15, 0.2) is 0 Å². The SMILES string of the molecule is O=S(=O)(c1ccccc1NCc1cc(Cl)cs1)C(F)F.